The van der Waals surface area contributed by atoms with Gasteiger partial charge in [-0.15, -0.1) is 0 Å². The third-order valence-electron chi connectivity index (χ3n) is 5.43. The summed E-state index contributed by atoms with van der Waals surface area (Å²) in [6.45, 7) is 3.91. The molecule has 0 atom stereocenters. The van der Waals surface area contributed by atoms with Crippen molar-refractivity contribution in [2.75, 3.05) is 33.4 Å². The highest BCUT2D eigenvalue weighted by molar-refractivity contribution is 5.46. The van der Waals surface area contributed by atoms with Crippen LogP contribution in [0.2, 0.25) is 0 Å². The third kappa shape index (κ3) is 5.74. The molecule has 8 nitrogen and oxygen atoms in total. The number of nitrogens with one attached hydrogen (secondary N) is 1. The zero-order valence-electron chi connectivity index (χ0n) is 17.7. The highest BCUT2D eigenvalue weighted by Crippen LogP contribution is 2.28. The van der Waals surface area contributed by atoms with E-state index in [2.05, 4.69) is 37.0 Å². The number of benzene rings is 1. The second-order valence-electron chi connectivity index (χ2n) is 7.65. The summed E-state index contributed by atoms with van der Waals surface area (Å²) in [5.41, 5.74) is 2.48. The first-order valence-electron chi connectivity index (χ1n) is 10.5. The van der Waals surface area contributed by atoms with Crippen molar-refractivity contribution >= 4 is 0 Å². The van der Waals surface area contributed by atoms with Crippen molar-refractivity contribution in [1.29, 1.82) is 0 Å². The van der Waals surface area contributed by atoms with Crippen LogP contribution in [0.3, 0.4) is 0 Å². The molecular formula is C23H27N5O3. The highest BCUT2D eigenvalue weighted by atomic mass is 16.5. The molecule has 1 aromatic carbocycles. The minimum Gasteiger partial charge on any atom is -0.491 e. The van der Waals surface area contributed by atoms with E-state index >= 15 is 0 Å². The van der Waals surface area contributed by atoms with Crippen molar-refractivity contribution in [2.45, 2.75) is 25.3 Å². The van der Waals surface area contributed by atoms with E-state index in [1.165, 1.54) is 5.56 Å². The van der Waals surface area contributed by atoms with Crippen LogP contribution in [-0.2, 0) is 11.3 Å². The van der Waals surface area contributed by atoms with Crippen molar-refractivity contribution in [3.8, 4) is 17.3 Å². The zero-order valence-corrected chi connectivity index (χ0v) is 17.7. The fourth-order valence-corrected chi connectivity index (χ4v) is 3.85. The fraction of sp³-hybridized carbons (Fsp3) is 0.391. The minimum atomic E-state index is -0.154. The SMILES string of the molecule is COCCOc1cccc(CN2CCC(c3cc(=O)[nH]c(-c4cnccn4)n3)CC2)c1. The van der Waals surface area contributed by atoms with Crippen LogP contribution in [0.4, 0.5) is 0 Å². The molecule has 0 spiro atoms. The van der Waals surface area contributed by atoms with Gasteiger partial charge in [-0.2, -0.15) is 0 Å². The van der Waals surface area contributed by atoms with Crippen molar-refractivity contribution in [1.82, 2.24) is 24.8 Å². The number of methoxy groups -OCH3 is 1. The van der Waals surface area contributed by atoms with Crippen molar-refractivity contribution in [2.24, 2.45) is 0 Å². The molecule has 31 heavy (non-hydrogen) atoms. The second kappa shape index (κ2) is 10.3. The van der Waals surface area contributed by atoms with Gasteiger partial charge in [-0.25, -0.2) is 9.97 Å². The maximum atomic E-state index is 12.2. The standard InChI is InChI=1S/C23H27N5O3/c1-30-11-12-31-19-4-2-3-17(13-19)16-28-9-5-18(6-10-28)20-14-22(29)27-23(26-20)21-15-24-7-8-25-21/h2-4,7-8,13-15,18H,5-6,9-12,16H2,1H3,(H,26,27,29). The van der Waals surface area contributed by atoms with E-state index in [4.69, 9.17) is 9.47 Å². The lowest BCUT2D eigenvalue weighted by molar-refractivity contribution is 0.146. The van der Waals surface area contributed by atoms with Gasteiger partial charge in [0.05, 0.1) is 18.5 Å². The maximum absolute atomic E-state index is 12.2. The molecule has 0 bridgehead atoms. The predicted octanol–water partition coefficient (Wildman–Crippen LogP) is 2.63. The van der Waals surface area contributed by atoms with E-state index in [-0.39, 0.29) is 11.5 Å². The van der Waals surface area contributed by atoms with E-state index in [0.717, 1.165) is 43.9 Å². The Hall–Kier alpha value is -3.10. The molecule has 0 saturated carbocycles. The Bertz CT molecular complexity index is 1030. The monoisotopic (exact) mass is 421 g/mol. The largest absolute Gasteiger partial charge is 0.491 e. The lowest BCUT2D eigenvalue weighted by Gasteiger charge is -2.31. The van der Waals surface area contributed by atoms with Gasteiger partial charge >= 0.3 is 0 Å². The predicted molar refractivity (Wildman–Crippen MR) is 117 cm³/mol. The van der Waals surface area contributed by atoms with Gasteiger partial charge in [0.25, 0.3) is 5.56 Å². The van der Waals surface area contributed by atoms with Gasteiger partial charge in [-0.3, -0.25) is 14.7 Å². The molecule has 8 heteroatoms. The molecule has 1 aliphatic rings. The van der Waals surface area contributed by atoms with Crippen LogP contribution in [0.15, 0.2) is 53.7 Å². The molecule has 2 aromatic heterocycles. The molecule has 1 N–H and O–H groups in total. The number of nitrogens with zero attached hydrogens (tertiary/aromatic N) is 4. The number of rotatable bonds is 8. The minimum absolute atomic E-state index is 0.154. The lowest BCUT2D eigenvalue weighted by Crippen LogP contribution is -2.33. The van der Waals surface area contributed by atoms with Crippen molar-refractivity contribution in [3.05, 3.63) is 70.5 Å². The molecule has 0 radical (unpaired) electrons. The topological polar surface area (TPSA) is 93.2 Å². The molecule has 1 aliphatic heterocycles. The van der Waals surface area contributed by atoms with Crippen LogP contribution in [0.5, 0.6) is 5.75 Å². The Morgan fingerprint density at radius 1 is 1.16 bits per heavy atom. The summed E-state index contributed by atoms with van der Waals surface area (Å²) in [4.78, 5) is 30.4. The Morgan fingerprint density at radius 2 is 2.03 bits per heavy atom. The molecule has 4 rings (SSSR count). The van der Waals surface area contributed by atoms with E-state index in [0.29, 0.717) is 24.7 Å². The van der Waals surface area contributed by atoms with Crippen LogP contribution in [0.1, 0.15) is 30.0 Å². The van der Waals surface area contributed by atoms with Crippen molar-refractivity contribution < 1.29 is 9.47 Å². The summed E-state index contributed by atoms with van der Waals surface area (Å²) in [6, 6.07) is 9.83. The number of aromatic nitrogens is 4. The number of hydrogen-bond donors (Lipinski definition) is 1. The average Bonchev–Trinajstić information content (AvgIpc) is 2.80. The number of H-pyrrole nitrogens is 1. The van der Waals surface area contributed by atoms with Gasteiger partial charge in [0.15, 0.2) is 5.82 Å². The van der Waals surface area contributed by atoms with E-state index in [1.807, 2.05) is 12.1 Å². The Labute approximate surface area is 181 Å². The molecule has 1 fully saturated rings. The Morgan fingerprint density at radius 3 is 2.81 bits per heavy atom. The van der Waals surface area contributed by atoms with Crippen LogP contribution in [0.25, 0.3) is 11.5 Å². The van der Waals surface area contributed by atoms with Gasteiger partial charge in [0, 0.05) is 38.0 Å². The summed E-state index contributed by atoms with van der Waals surface area (Å²) in [5.74, 6) is 1.61. The molecule has 162 valence electrons. The first kappa shape index (κ1) is 21.1. The number of aromatic amines is 1. The second-order valence-corrected chi connectivity index (χ2v) is 7.65. The third-order valence-corrected chi connectivity index (χ3v) is 5.43. The summed E-state index contributed by atoms with van der Waals surface area (Å²) in [5, 5.41) is 0. The smallest absolute Gasteiger partial charge is 0.251 e. The fourth-order valence-electron chi connectivity index (χ4n) is 3.85. The van der Waals surface area contributed by atoms with Crippen LogP contribution in [0, 0.1) is 0 Å². The van der Waals surface area contributed by atoms with Gasteiger partial charge in [0.1, 0.15) is 18.1 Å². The molecule has 3 aromatic rings. The zero-order chi connectivity index (χ0) is 21.5. The summed E-state index contributed by atoms with van der Waals surface area (Å²) >= 11 is 0. The van der Waals surface area contributed by atoms with Crippen LogP contribution < -0.4 is 10.3 Å². The van der Waals surface area contributed by atoms with E-state index in [9.17, 15) is 4.79 Å². The molecular weight excluding hydrogens is 394 g/mol. The number of likely N-dealkylation sites (tertiary alicyclic amines) is 1. The van der Waals surface area contributed by atoms with Gasteiger partial charge in [0.2, 0.25) is 0 Å². The molecule has 0 aliphatic carbocycles. The summed E-state index contributed by atoms with van der Waals surface area (Å²) in [6.07, 6.45) is 6.72. The van der Waals surface area contributed by atoms with Crippen LogP contribution in [-0.4, -0.2) is 58.2 Å². The number of piperidine rings is 1. The Kier molecular flexibility index (Phi) is 7.01. The van der Waals surface area contributed by atoms with Crippen molar-refractivity contribution in [3.63, 3.8) is 0 Å². The maximum Gasteiger partial charge on any atom is 0.251 e. The molecule has 3 heterocycles. The summed E-state index contributed by atoms with van der Waals surface area (Å²) < 4.78 is 10.8. The Balaban J connectivity index is 1.37. The van der Waals surface area contributed by atoms with E-state index in [1.54, 1.807) is 31.8 Å². The first-order valence-corrected chi connectivity index (χ1v) is 10.5. The molecule has 0 amide bonds. The number of ether oxygens (including phenoxy) is 2. The highest BCUT2D eigenvalue weighted by Gasteiger charge is 2.23. The molecule has 0 unspecified atom stereocenters. The lowest BCUT2D eigenvalue weighted by atomic mass is 9.93. The normalized spacial score (nSPS) is 15.1. The number of hydrogen-bond acceptors (Lipinski definition) is 7. The average molecular weight is 422 g/mol. The van der Waals surface area contributed by atoms with Gasteiger partial charge in [-0.05, 0) is 43.6 Å². The quantitative estimate of drug-likeness (QED) is 0.559. The summed E-state index contributed by atoms with van der Waals surface area (Å²) in [7, 11) is 1.67. The first-order chi connectivity index (χ1) is 15.2. The van der Waals surface area contributed by atoms with Gasteiger partial charge < -0.3 is 14.5 Å². The molecule has 1 saturated heterocycles. The van der Waals surface area contributed by atoms with E-state index < -0.39 is 0 Å². The van der Waals surface area contributed by atoms with Crippen LogP contribution >= 0.6 is 0 Å². The van der Waals surface area contributed by atoms with Gasteiger partial charge in [-0.1, -0.05) is 12.1 Å².